The monoisotopic (exact) mass is 569 g/mol. The average molecular weight is 570 g/mol. The van der Waals surface area contributed by atoms with E-state index in [4.69, 9.17) is 4.74 Å². The number of Topliss-reactive ketones (excluding diaryl/α,β-unsaturated/α-hetero) is 3. The Bertz CT molecular complexity index is 1250. The summed E-state index contributed by atoms with van der Waals surface area (Å²) in [4.78, 5) is 52.3. The van der Waals surface area contributed by atoms with E-state index in [0.29, 0.717) is 24.2 Å². The molecule has 1 N–H and O–H groups in total. The van der Waals surface area contributed by atoms with E-state index in [2.05, 4.69) is 5.32 Å². The quantitative estimate of drug-likeness (QED) is 0.269. The maximum Gasteiger partial charge on any atom is 0.224 e. The third-order valence-electron chi connectivity index (χ3n) is 7.60. The molecule has 3 atom stereocenters. The van der Waals surface area contributed by atoms with Crippen LogP contribution in [0.1, 0.15) is 93.6 Å². The van der Waals surface area contributed by atoms with Crippen molar-refractivity contribution in [2.24, 2.45) is 17.8 Å². The minimum atomic E-state index is -0.825. The highest BCUT2D eigenvalue weighted by molar-refractivity contribution is 6.02. The lowest BCUT2D eigenvalue weighted by molar-refractivity contribution is -0.133. The molecule has 0 heterocycles. The van der Waals surface area contributed by atoms with Crippen molar-refractivity contribution in [2.45, 2.75) is 84.6 Å². The second-order valence-electron chi connectivity index (χ2n) is 11.9. The molecule has 0 saturated carbocycles. The fourth-order valence-corrected chi connectivity index (χ4v) is 5.60. The molecule has 0 fully saturated rings. The Labute approximate surface area is 241 Å². The van der Waals surface area contributed by atoms with Gasteiger partial charge in [0, 0.05) is 42.7 Å². The largest absolute Gasteiger partial charge is 0.497 e. The molecular weight excluding hydrogens is 528 g/mol. The number of ether oxygens (including phenoxy) is 1. The van der Waals surface area contributed by atoms with Crippen LogP contribution in [0.4, 0.5) is 8.78 Å². The number of ketones is 3. The summed E-state index contributed by atoms with van der Waals surface area (Å²) in [6.07, 6.45) is 0.963. The van der Waals surface area contributed by atoms with Gasteiger partial charge < -0.3 is 10.1 Å². The summed E-state index contributed by atoms with van der Waals surface area (Å²) in [6, 6.07) is 8.00. The fourth-order valence-electron chi connectivity index (χ4n) is 5.60. The number of hydrogen-bond donors (Lipinski definition) is 1. The van der Waals surface area contributed by atoms with Crippen LogP contribution >= 0.6 is 0 Å². The van der Waals surface area contributed by atoms with E-state index >= 15 is 0 Å². The van der Waals surface area contributed by atoms with Crippen molar-refractivity contribution < 1.29 is 32.7 Å². The third kappa shape index (κ3) is 8.78. The predicted molar refractivity (Wildman–Crippen MR) is 153 cm³/mol. The minimum Gasteiger partial charge on any atom is -0.497 e. The van der Waals surface area contributed by atoms with E-state index in [9.17, 15) is 28.0 Å². The number of hydrogen-bond acceptors (Lipinski definition) is 5. The van der Waals surface area contributed by atoms with Gasteiger partial charge >= 0.3 is 0 Å². The minimum absolute atomic E-state index is 0.00294. The number of fused-ring (bicyclic) bond motifs is 1. The van der Waals surface area contributed by atoms with Crippen molar-refractivity contribution in [3.05, 3.63) is 64.7 Å². The highest BCUT2D eigenvalue weighted by Crippen LogP contribution is 2.38. The van der Waals surface area contributed by atoms with Crippen molar-refractivity contribution in [3.8, 4) is 5.75 Å². The van der Waals surface area contributed by atoms with Crippen LogP contribution in [0.15, 0.2) is 36.4 Å². The van der Waals surface area contributed by atoms with Gasteiger partial charge in [-0.05, 0) is 72.9 Å². The Morgan fingerprint density at radius 2 is 1.66 bits per heavy atom. The molecule has 1 amide bonds. The first kappa shape index (κ1) is 32.1. The highest BCUT2D eigenvalue weighted by atomic mass is 19.1. The van der Waals surface area contributed by atoms with Gasteiger partial charge in [-0.3, -0.25) is 19.2 Å². The molecule has 0 aromatic heterocycles. The zero-order valence-corrected chi connectivity index (χ0v) is 24.6. The first-order chi connectivity index (χ1) is 19.4. The summed E-state index contributed by atoms with van der Waals surface area (Å²) in [5.41, 5.74) is 1.25. The number of carbonyl (C=O) groups excluding carboxylic acids is 4. The van der Waals surface area contributed by atoms with Crippen LogP contribution in [-0.4, -0.2) is 36.4 Å². The van der Waals surface area contributed by atoms with E-state index in [1.807, 2.05) is 27.7 Å². The van der Waals surface area contributed by atoms with E-state index in [-0.39, 0.29) is 78.7 Å². The molecule has 0 radical (unpaired) electrons. The number of nitrogens with one attached hydrogen (secondary N) is 1. The van der Waals surface area contributed by atoms with Gasteiger partial charge in [-0.2, -0.15) is 0 Å². The van der Waals surface area contributed by atoms with Crippen LogP contribution in [0.5, 0.6) is 5.75 Å². The Hall–Kier alpha value is -3.42. The Kier molecular flexibility index (Phi) is 11.3. The number of halogens is 2. The number of methoxy groups -OCH3 is 1. The maximum absolute atomic E-state index is 14.1. The van der Waals surface area contributed by atoms with E-state index in [0.717, 1.165) is 17.7 Å². The second-order valence-corrected chi connectivity index (χ2v) is 11.9. The third-order valence-corrected chi connectivity index (χ3v) is 7.60. The summed E-state index contributed by atoms with van der Waals surface area (Å²) < 4.78 is 33.5. The summed E-state index contributed by atoms with van der Waals surface area (Å²) in [5.74, 6) is -2.32. The van der Waals surface area contributed by atoms with Crippen molar-refractivity contribution in [1.82, 2.24) is 5.32 Å². The van der Waals surface area contributed by atoms with Crippen molar-refractivity contribution >= 4 is 23.3 Å². The smallest absolute Gasteiger partial charge is 0.224 e. The lowest BCUT2D eigenvalue weighted by Crippen LogP contribution is -2.45. The van der Waals surface area contributed by atoms with E-state index in [1.165, 1.54) is 6.07 Å². The molecule has 6 nitrogen and oxygen atoms in total. The van der Waals surface area contributed by atoms with Gasteiger partial charge in [-0.1, -0.05) is 33.8 Å². The molecule has 41 heavy (non-hydrogen) atoms. The number of benzene rings is 2. The summed E-state index contributed by atoms with van der Waals surface area (Å²) in [7, 11) is 1.54. The van der Waals surface area contributed by atoms with E-state index in [1.54, 1.807) is 25.3 Å². The molecule has 222 valence electrons. The van der Waals surface area contributed by atoms with Gasteiger partial charge in [0.2, 0.25) is 5.91 Å². The molecule has 8 heteroatoms. The lowest BCUT2D eigenvalue weighted by Gasteiger charge is -2.24. The van der Waals surface area contributed by atoms with Gasteiger partial charge in [-0.25, -0.2) is 8.78 Å². The topological polar surface area (TPSA) is 89.5 Å². The Balaban J connectivity index is 1.69. The first-order valence-corrected chi connectivity index (χ1v) is 14.4. The first-order valence-electron chi connectivity index (χ1n) is 14.4. The molecule has 3 rings (SSSR count). The number of rotatable bonds is 15. The Morgan fingerprint density at radius 3 is 2.27 bits per heavy atom. The van der Waals surface area contributed by atoms with Crippen LogP contribution in [0.25, 0.3) is 0 Å². The lowest BCUT2D eigenvalue weighted by atomic mass is 9.87. The molecule has 1 aliphatic carbocycles. The molecular formula is C33H41F2NO5. The van der Waals surface area contributed by atoms with Gasteiger partial charge in [0.15, 0.2) is 11.6 Å². The predicted octanol–water partition coefficient (Wildman–Crippen LogP) is 6.39. The summed E-state index contributed by atoms with van der Waals surface area (Å²) in [5, 5.41) is 2.86. The zero-order valence-electron chi connectivity index (χ0n) is 24.6. The van der Waals surface area contributed by atoms with Gasteiger partial charge in [0.1, 0.15) is 23.2 Å². The Morgan fingerprint density at radius 1 is 1.00 bits per heavy atom. The van der Waals surface area contributed by atoms with Gasteiger partial charge in [0.25, 0.3) is 0 Å². The zero-order chi connectivity index (χ0) is 30.3. The summed E-state index contributed by atoms with van der Waals surface area (Å²) in [6.45, 7) is 7.77. The fraction of sp³-hybridized carbons (Fsp3) is 0.515. The van der Waals surface area contributed by atoms with Crippen LogP contribution in [-0.2, 0) is 20.8 Å². The SMILES string of the molecule is COc1ccc2c(c1)C(CC(=O)C[C@@H](CC(C)C)C(=O)N[C@H](CC(C)C)C(=O)CCc1c(F)cccc1F)CC2=O. The van der Waals surface area contributed by atoms with Crippen molar-refractivity contribution in [3.63, 3.8) is 0 Å². The molecule has 1 aliphatic rings. The van der Waals surface area contributed by atoms with Crippen LogP contribution in [0, 0.1) is 29.4 Å². The molecule has 2 aromatic carbocycles. The van der Waals surface area contributed by atoms with Gasteiger partial charge in [0.05, 0.1) is 13.2 Å². The van der Waals surface area contributed by atoms with Crippen molar-refractivity contribution in [2.75, 3.05) is 7.11 Å². The van der Waals surface area contributed by atoms with Gasteiger partial charge in [-0.15, -0.1) is 0 Å². The van der Waals surface area contributed by atoms with Crippen LogP contribution in [0.2, 0.25) is 0 Å². The molecule has 0 spiro atoms. The highest BCUT2D eigenvalue weighted by Gasteiger charge is 2.33. The second kappa shape index (κ2) is 14.5. The van der Waals surface area contributed by atoms with E-state index < -0.39 is 23.6 Å². The average Bonchev–Trinajstić information content (AvgIpc) is 3.20. The van der Waals surface area contributed by atoms with Crippen LogP contribution in [0.3, 0.4) is 0 Å². The number of amides is 1. The molecule has 2 aromatic rings. The van der Waals surface area contributed by atoms with Crippen molar-refractivity contribution in [1.29, 1.82) is 0 Å². The normalized spacial score (nSPS) is 16.0. The number of carbonyl (C=O) groups is 4. The molecule has 0 saturated heterocycles. The standard InChI is InChI=1S/C33H41F2NO5/c1-19(2)13-22(16-23(37)15-21-17-32(39)25-10-9-24(41-5)18-27(21)25)33(40)36-30(14-20(3)4)31(38)12-11-26-28(34)7-6-8-29(26)35/h6-10,18-22,30H,11-17H2,1-5H3,(H,36,40)/t21?,22-,30-/m1/s1. The molecule has 0 aliphatic heterocycles. The summed E-state index contributed by atoms with van der Waals surface area (Å²) >= 11 is 0. The maximum atomic E-state index is 14.1. The molecule has 1 unspecified atom stereocenters. The van der Waals surface area contributed by atoms with Crippen LogP contribution < -0.4 is 10.1 Å². The molecule has 0 bridgehead atoms.